The Labute approximate surface area is 161 Å². The molecule has 3 aromatic rings. The summed E-state index contributed by atoms with van der Waals surface area (Å²) in [5.74, 6) is 2.13. The molecule has 2 aromatic heterocycles. The Balaban J connectivity index is 1.72. The minimum Gasteiger partial charge on any atom is -0.496 e. The number of rotatable bonds is 5. The Morgan fingerprint density at radius 1 is 1.11 bits per heavy atom. The molecule has 1 aromatic carbocycles. The summed E-state index contributed by atoms with van der Waals surface area (Å²) in [6.45, 7) is 5.48. The van der Waals surface area contributed by atoms with Crippen LogP contribution < -0.4 is 4.74 Å². The number of benzene rings is 1. The van der Waals surface area contributed by atoms with Crippen LogP contribution in [0.25, 0.3) is 22.3 Å². The molecule has 1 fully saturated rings. The van der Waals surface area contributed by atoms with Gasteiger partial charge in [-0.15, -0.1) is 0 Å². The zero-order chi connectivity index (χ0) is 18.8. The molecule has 0 aliphatic heterocycles. The highest BCUT2D eigenvalue weighted by molar-refractivity contribution is 5.80. The summed E-state index contributed by atoms with van der Waals surface area (Å²) < 4.78 is 7.92. The predicted octanol–water partition coefficient (Wildman–Crippen LogP) is 5.81. The third-order valence-electron chi connectivity index (χ3n) is 5.86. The highest BCUT2D eigenvalue weighted by atomic mass is 16.5. The molecule has 4 nitrogen and oxygen atoms in total. The number of hydrogen-bond acceptors (Lipinski definition) is 3. The molecule has 142 valence electrons. The number of aromatic nitrogens is 3. The van der Waals surface area contributed by atoms with Crippen LogP contribution in [0.1, 0.15) is 57.4 Å². The standard InChI is InChI=1S/C23H29N3O/c1-16(2)18-9-10-22(27-3)20(11-18)19-12-21-23(24-13-19)25-15-26(21)14-17-7-5-4-6-8-17/h9-13,15-17H,4-8,14H2,1-3H3. The van der Waals surface area contributed by atoms with E-state index in [-0.39, 0.29) is 0 Å². The van der Waals surface area contributed by atoms with Crippen LogP contribution in [-0.2, 0) is 6.54 Å². The van der Waals surface area contributed by atoms with E-state index in [0.717, 1.165) is 40.5 Å². The molecule has 0 saturated heterocycles. The molecular formula is C23H29N3O. The first-order valence-electron chi connectivity index (χ1n) is 10.1. The van der Waals surface area contributed by atoms with Crippen molar-refractivity contribution in [3.8, 4) is 16.9 Å². The van der Waals surface area contributed by atoms with Crippen molar-refractivity contribution >= 4 is 11.2 Å². The molecule has 0 N–H and O–H groups in total. The summed E-state index contributed by atoms with van der Waals surface area (Å²) in [6.07, 6.45) is 10.6. The van der Waals surface area contributed by atoms with Crippen molar-refractivity contribution in [2.24, 2.45) is 5.92 Å². The van der Waals surface area contributed by atoms with E-state index in [4.69, 9.17) is 4.74 Å². The molecule has 2 heterocycles. The minimum absolute atomic E-state index is 0.475. The van der Waals surface area contributed by atoms with Gasteiger partial charge in [-0.25, -0.2) is 9.97 Å². The Morgan fingerprint density at radius 3 is 2.67 bits per heavy atom. The first-order chi connectivity index (χ1) is 13.2. The van der Waals surface area contributed by atoms with Gasteiger partial charge >= 0.3 is 0 Å². The summed E-state index contributed by atoms with van der Waals surface area (Å²) in [7, 11) is 1.73. The molecule has 0 unspecified atom stereocenters. The van der Waals surface area contributed by atoms with Crippen molar-refractivity contribution in [1.82, 2.24) is 14.5 Å². The molecule has 0 amide bonds. The number of methoxy groups -OCH3 is 1. The van der Waals surface area contributed by atoms with Gasteiger partial charge in [0, 0.05) is 23.9 Å². The zero-order valence-electron chi connectivity index (χ0n) is 16.6. The monoisotopic (exact) mass is 363 g/mol. The Hall–Kier alpha value is -2.36. The molecule has 0 atom stereocenters. The van der Waals surface area contributed by atoms with Gasteiger partial charge in [-0.2, -0.15) is 0 Å². The SMILES string of the molecule is COc1ccc(C(C)C)cc1-c1cnc2ncn(CC3CCCCC3)c2c1. The van der Waals surface area contributed by atoms with E-state index < -0.39 is 0 Å². The first-order valence-corrected chi connectivity index (χ1v) is 10.1. The lowest BCUT2D eigenvalue weighted by Crippen LogP contribution is -2.13. The fourth-order valence-electron chi connectivity index (χ4n) is 4.19. The van der Waals surface area contributed by atoms with Crippen molar-refractivity contribution in [1.29, 1.82) is 0 Å². The van der Waals surface area contributed by atoms with Crippen LogP contribution in [-0.4, -0.2) is 21.6 Å². The number of hydrogen-bond donors (Lipinski definition) is 0. The minimum atomic E-state index is 0.475. The summed E-state index contributed by atoms with van der Waals surface area (Å²) in [4.78, 5) is 9.16. The van der Waals surface area contributed by atoms with Gasteiger partial charge in [-0.1, -0.05) is 39.2 Å². The lowest BCUT2D eigenvalue weighted by molar-refractivity contribution is 0.322. The molecule has 0 spiro atoms. The van der Waals surface area contributed by atoms with Crippen LogP contribution in [0.15, 0.2) is 36.8 Å². The molecule has 0 radical (unpaired) electrons. The summed E-state index contributed by atoms with van der Waals surface area (Å²) in [5, 5.41) is 0. The number of ether oxygens (including phenoxy) is 1. The average molecular weight is 364 g/mol. The van der Waals surface area contributed by atoms with E-state index in [9.17, 15) is 0 Å². The van der Waals surface area contributed by atoms with Gasteiger partial charge in [0.2, 0.25) is 0 Å². The second-order valence-corrected chi connectivity index (χ2v) is 8.08. The number of fused-ring (bicyclic) bond motifs is 1. The van der Waals surface area contributed by atoms with E-state index >= 15 is 0 Å². The second kappa shape index (κ2) is 7.71. The van der Waals surface area contributed by atoms with Crippen LogP contribution in [0.5, 0.6) is 5.75 Å². The van der Waals surface area contributed by atoms with Crippen molar-refractivity contribution in [3.05, 3.63) is 42.4 Å². The molecule has 4 rings (SSSR count). The largest absolute Gasteiger partial charge is 0.496 e. The molecule has 1 aliphatic carbocycles. The molecule has 27 heavy (non-hydrogen) atoms. The van der Waals surface area contributed by atoms with E-state index in [2.05, 4.69) is 52.6 Å². The van der Waals surface area contributed by atoms with Crippen molar-refractivity contribution in [2.45, 2.75) is 58.4 Å². The Kier molecular flexibility index (Phi) is 5.15. The maximum atomic E-state index is 5.63. The summed E-state index contributed by atoms with van der Waals surface area (Å²) in [5.41, 5.74) is 5.45. The van der Waals surface area contributed by atoms with Gasteiger partial charge in [-0.3, -0.25) is 0 Å². The maximum Gasteiger partial charge on any atom is 0.177 e. The second-order valence-electron chi connectivity index (χ2n) is 8.08. The maximum absolute atomic E-state index is 5.63. The predicted molar refractivity (Wildman–Crippen MR) is 110 cm³/mol. The van der Waals surface area contributed by atoms with Gasteiger partial charge in [0.1, 0.15) is 5.75 Å². The van der Waals surface area contributed by atoms with E-state index in [1.165, 1.54) is 37.7 Å². The van der Waals surface area contributed by atoms with Gasteiger partial charge in [0.15, 0.2) is 5.65 Å². The molecule has 1 saturated carbocycles. The Bertz CT molecular complexity index is 923. The van der Waals surface area contributed by atoms with Crippen LogP contribution in [0.2, 0.25) is 0 Å². The number of imidazole rings is 1. The van der Waals surface area contributed by atoms with Crippen LogP contribution in [0.4, 0.5) is 0 Å². The van der Waals surface area contributed by atoms with Crippen LogP contribution >= 0.6 is 0 Å². The quantitative estimate of drug-likeness (QED) is 0.574. The topological polar surface area (TPSA) is 39.9 Å². The summed E-state index contributed by atoms with van der Waals surface area (Å²) in [6, 6.07) is 8.66. The Morgan fingerprint density at radius 2 is 1.93 bits per heavy atom. The van der Waals surface area contributed by atoms with Gasteiger partial charge in [-0.05, 0) is 48.4 Å². The van der Waals surface area contributed by atoms with Crippen molar-refractivity contribution in [3.63, 3.8) is 0 Å². The fraction of sp³-hybridized carbons (Fsp3) is 0.478. The summed E-state index contributed by atoms with van der Waals surface area (Å²) >= 11 is 0. The average Bonchev–Trinajstić information content (AvgIpc) is 3.10. The first kappa shape index (κ1) is 18.0. The van der Waals surface area contributed by atoms with E-state index in [0.29, 0.717) is 5.92 Å². The molecule has 1 aliphatic rings. The van der Waals surface area contributed by atoms with Crippen molar-refractivity contribution in [2.75, 3.05) is 7.11 Å². The van der Waals surface area contributed by atoms with Crippen molar-refractivity contribution < 1.29 is 4.74 Å². The lowest BCUT2D eigenvalue weighted by atomic mass is 9.89. The van der Waals surface area contributed by atoms with Crippen LogP contribution in [0.3, 0.4) is 0 Å². The zero-order valence-corrected chi connectivity index (χ0v) is 16.6. The fourth-order valence-corrected chi connectivity index (χ4v) is 4.19. The number of pyridine rings is 1. The third kappa shape index (κ3) is 3.71. The molecular weight excluding hydrogens is 334 g/mol. The molecule has 0 bridgehead atoms. The van der Waals surface area contributed by atoms with Gasteiger partial charge in [0.05, 0.1) is 19.0 Å². The van der Waals surface area contributed by atoms with E-state index in [1.54, 1.807) is 7.11 Å². The number of nitrogens with zero attached hydrogens (tertiary/aromatic N) is 3. The van der Waals surface area contributed by atoms with Crippen LogP contribution in [0, 0.1) is 5.92 Å². The molecule has 4 heteroatoms. The third-order valence-corrected chi connectivity index (χ3v) is 5.86. The lowest BCUT2D eigenvalue weighted by Gasteiger charge is -2.22. The van der Waals surface area contributed by atoms with Gasteiger partial charge in [0.25, 0.3) is 0 Å². The smallest absolute Gasteiger partial charge is 0.177 e. The highest BCUT2D eigenvalue weighted by Crippen LogP contribution is 2.34. The van der Waals surface area contributed by atoms with E-state index in [1.807, 2.05) is 12.5 Å². The highest BCUT2D eigenvalue weighted by Gasteiger charge is 2.17. The normalized spacial score (nSPS) is 15.6. The van der Waals surface area contributed by atoms with Gasteiger partial charge < -0.3 is 9.30 Å².